The van der Waals surface area contributed by atoms with Gasteiger partial charge in [0, 0.05) is 43.4 Å². The zero-order valence-electron chi connectivity index (χ0n) is 12.5. The lowest BCUT2D eigenvalue weighted by molar-refractivity contribution is 0.0948. The van der Waals surface area contributed by atoms with Crippen LogP contribution in [-0.4, -0.2) is 60.8 Å². The molecule has 2 rings (SSSR count). The Morgan fingerprint density at radius 2 is 2.18 bits per heavy atom. The molecule has 0 aliphatic carbocycles. The minimum absolute atomic E-state index is 0.0110. The SMILES string of the molecule is CC(N)CCNC(=O)c1cc(S(=O)(=O)N2CCSCC2)c[nH]1. The molecule has 1 aromatic rings. The predicted molar refractivity (Wildman–Crippen MR) is 87.5 cm³/mol. The number of rotatable bonds is 6. The number of nitrogens with zero attached hydrogens (tertiary/aromatic N) is 1. The second kappa shape index (κ2) is 7.49. The van der Waals surface area contributed by atoms with E-state index >= 15 is 0 Å². The summed E-state index contributed by atoms with van der Waals surface area (Å²) in [6.45, 7) is 3.34. The fourth-order valence-electron chi connectivity index (χ4n) is 2.10. The van der Waals surface area contributed by atoms with Gasteiger partial charge in [-0.3, -0.25) is 4.79 Å². The molecule has 1 aliphatic rings. The van der Waals surface area contributed by atoms with Crippen molar-refractivity contribution in [1.29, 1.82) is 0 Å². The summed E-state index contributed by atoms with van der Waals surface area (Å²) in [6, 6.07) is 1.40. The molecule has 1 atom stereocenters. The van der Waals surface area contributed by atoms with Gasteiger partial charge in [0.05, 0.1) is 0 Å². The van der Waals surface area contributed by atoms with Crippen molar-refractivity contribution in [2.45, 2.75) is 24.3 Å². The van der Waals surface area contributed by atoms with Crippen molar-refractivity contribution in [2.75, 3.05) is 31.1 Å². The topological polar surface area (TPSA) is 108 Å². The number of nitrogens with one attached hydrogen (secondary N) is 2. The highest BCUT2D eigenvalue weighted by Crippen LogP contribution is 2.20. The summed E-state index contributed by atoms with van der Waals surface area (Å²) in [5.74, 6) is 1.28. The highest BCUT2D eigenvalue weighted by Gasteiger charge is 2.27. The molecule has 124 valence electrons. The van der Waals surface area contributed by atoms with Crippen molar-refractivity contribution in [2.24, 2.45) is 5.73 Å². The minimum Gasteiger partial charge on any atom is -0.356 e. The molecule has 1 aliphatic heterocycles. The fraction of sp³-hybridized carbons (Fsp3) is 0.615. The zero-order chi connectivity index (χ0) is 16.2. The Hall–Kier alpha value is -1.03. The van der Waals surface area contributed by atoms with E-state index in [0.29, 0.717) is 26.1 Å². The molecule has 1 aromatic heterocycles. The lowest BCUT2D eigenvalue weighted by Crippen LogP contribution is -2.37. The van der Waals surface area contributed by atoms with E-state index in [4.69, 9.17) is 5.73 Å². The van der Waals surface area contributed by atoms with Gasteiger partial charge in [-0.05, 0) is 19.4 Å². The van der Waals surface area contributed by atoms with Gasteiger partial charge in [-0.15, -0.1) is 0 Å². The number of H-pyrrole nitrogens is 1. The van der Waals surface area contributed by atoms with E-state index in [9.17, 15) is 13.2 Å². The monoisotopic (exact) mass is 346 g/mol. The molecule has 4 N–H and O–H groups in total. The summed E-state index contributed by atoms with van der Waals surface area (Å²) < 4.78 is 26.4. The molecule has 0 spiro atoms. The lowest BCUT2D eigenvalue weighted by Gasteiger charge is -2.24. The first-order chi connectivity index (χ1) is 10.4. The molecule has 2 heterocycles. The van der Waals surface area contributed by atoms with Gasteiger partial charge in [0.15, 0.2) is 0 Å². The molecule has 1 unspecified atom stereocenters. The van der Waals surface area contributed by atoms with E-state index in [1.165, 1.54) is 16.6 Å². The van der Waals surface area contributed by atoms with E-state index < -0.39 is 10.0 Å². The van der Waals surface area contributed by atoms with Gasteiger partial charge in [0.2, 0.25) is 10.0 Å². The summed E-state index contributed by atoms with van der Waals surface area (Å²) >= 11 is 1.74. The molecular formula is C13H22N4O3S2. The summed E-state index contributed by atoms with van der Waals surface area (Å²) in [4.78, 5) is 14.8. The quantitative estimate of drug-likeness (QED) is 0.683. The van der Waals surface area contributed by atoms with Crippen molar-refractivity contribution in [3.8, 4) is 0 Å². The maximum absolute atomic E-state index is 12.5. The summed E-state index contributed by atoms with van der Waals surface area (Å²) in [6.07, 6.45) is 2.04. The molecular weight excluding hydrogens is 324 g/mol. The molecule has 0 saturated carbocycles. The van der Waals surface area contributed by atoms with E-state index in [1.54, 1.807) is 11.8 Å². The third-order valence-corrected chi connectivity index (χ3v) is 6.21. The first kappa shape index (κ1) is 17.3. The number of hydrogen-bond donors (Lipinski definition) is 3. The zero-order valence-corrected chi connectivity index (χ0v) is 14.2. The average Bonchev–Trinajstić information content (AvgIpc) is 2.98. The largest absolute Gasteiger partial charge is 0.356 e. The highest BCUT2D eigenvalue weighted by atomic mass is 32.2. The van der Waals surface area contributed by atoms with E-state index in [-0.39, 0.29) is 22.5 Å². The first-order valence-corrected chi connectivity index (χ1v) is 9.81. The Balaban J connectivity index is 2.02. The Bertz CT molecular complexity index is 607. The molecule has 9 heteroatoms. The lowest BCUT2D eigenvalue weighted by atomic mass is 10.2. The van der Waals surface area contributed by atoms with Gasteiger partial charge in [0.25, 0.3) is 5.91 Å². The van der Waals surface area contributed by atoms with Crippen LogP contribution in [0.2, 0.25) is 0 Å². The van der Waals surface area contributed by atoms with Gasteiger partial charge in [-0.1, -0.05) is 0 Å². The van der Waals surface area contributed by atoms with Crippen LogP contribution in [0.3, 0.4) is 0 Å². The Morgan fingerprint density at radius 3 is 2.82 bits per heavy atom. The van der Waals surface area contributed by atoms with Crippen LogP contribution in [0.4, 0.5) is 0 Å². The van der Waals surface area contributed by atoms with Crippen molar-refractivity contribution in [3.63, 3.8) is 0 Å². The van der Waals surface area contributed by atoms with Gasteiger partial charge in [0.1, 0.15) is 10.6 Å². The number of carbonyl (C=O) groups excluding carboxylic acids is 1. The molecule has 0 radical (unpaired) electrons. The second-order valence-electron chi connectivity index (χ2n) is 5.29. The maximum atomic E-state index is 12.5. The van der Waals surface area contributed by atoms with Crippen LogP contribution >= 0.6 is 11.8 Å². The molecule has 22 heavy (non-hydrogen) atoms. The smallest absolute Gasteiger partial charge is 0.267 e. The number of amides is 1. The maximum Gasteiger partial charge on any atom is 0.267 e. The van der Waals surface area contributed by atoms with E-state index in [1.807, 2.05) is 6.92 Å². The van der Waals surface area contributed by atoms with Crippen LogP contribution < -0.4 is 11.1 Å². The summed E-state index contributed by atoms with van der Waals surface area (Å²) in [5.41, 5.74) is 5.86. The van der Waals surface area contributed by atoms with Crippen molar-refractivity contribution in [3.05, 3.63) is 18.0 Å². The minimum atomic E-state index is -3.52. The Labute approximate surface area is 135 Å². The number of aromatic amines is 1. The van der Waals surface area contributed by atoms with E-state index in [2.05, 4.69) is 10.3 Å². The molecule has 1 saturated heterocycles. The fourth-order valence-corrected chi connectivity index (χ4v) is 4.67. The number of hydrogen-bond acceptors (Lipinski definition) is 5. The normalized spacial score (nSPS) is 18.1. The van der Waals surface area contributed by atoms with Crippen molar-refractivity contribution in [1.82, 2.24) is 14.6 Å². The Morgan fingerprint density at radius 1 is 1.50 bits per heavy atom. The van der Waals surface area contributed by atoms with Gasteiger partial charge in [-0.2, -0.15) is 16.1 Å². The molecule has 0 bridgehead atoms. The third-order valence-electron chi connectivity index (χ3n) is 3.39. The van der Waals surface area contributed by atoms with Crippen molar-refractivity contribution < 1.29 is 13.2 Å². The standard InChI is InChI=1S/C13H22N4O3S2/c1-10(14)2-3-15-13(18)12-8-11(9-16-12)22(19,20)17-4-6-21-7-5-17/h8-10,16H,2-7,14H2,1H3,(H,15,18). The Kier molecular flexibility index (Phi) is 5.90. The number of aromatic nitrogens is 1. The predicted octanol–water partition coefficient (Wildman–Crippen LogP) is 0.219. The van der Waals surface area contributed by atoms with Crippen LogP contribution in [0.25, 0.3) is 0 Å². The van der Waals surface area contributed by atoms with Crippen LogP contribution in [0, 0.1) is 0 Å². The number of thioether (sulfide) groups is 1. The number of sulfonamides is 1. The summed E-state index contributed by atoms with van der Waals surface area (Å²) in [5, 5.41) is 2.71. The van der Waals surface area contributed by atoms with Crippen LogP contribution in [0.5, 0.6) is 0 Å². The van der Waals surface area contributed by atoms with Crippen LogP contribution in [-0.2, 0) is 10.0 Å². The molecule has 1 fully saturated rings. The first-order valence-electron chi connectivity index (χ1n) is 7.21. The van der Waals surface area contributed by atoms with Gasteiger partial charge >= 0.3 is 0 Å². The highest BCUT2D eigenvalue weighted by molar-refractivity contribution is 7.99. The van der Waals surface area contributed by atoms with Gasteiger partial charge in [-0.25, -0.2) is 8.42 Å². The molecule has 7 nitrogen and oxygen atoms in total. The average molecular weight is 346 g/mol. The van der Waals surface area contributed by atoms with Crippen LogP contribution in [0.15, 0.2) is 17.2 Å². The van der Waals surface area contributed by atoms with Crippen molar-refractivity contribution >= 4 is 27.7 Å². The van der Waals surface area contributed by atoms with Crippen LogP contribution in [0.1, 0.15) is 23.8 Å². The summed E-state index contributed by atoms with van der Waals surface area (Å²) in [7, 11) is -3.52. The molecule has 1 amide bonds. The molecule has 0 aromatic carbocycles. The third kappa shape index (κ3) is 4.25. The number of nitrogens with two attached hydrogens (primary N) is 1. The van der Waals surface area contributed by atoms with E-state index in [0.717, 1.165) is 11.5 Å². The van der Waals surface area contributed by atoms with Gasteiger partial charge < -0.3 is 16.0 Å². The number of carbonyl (C=O) groups is 1. The second-order valence-corrected chi connectivity index (χ2v) is 8.45.